The van der Waals surface area contributed by atoms with Crippen LogP contribution in [0.1, 0.15) is 162 Å². The lowest BCUT2D eigenvalue weighted by Crippen LogP contribution is -2.30. The van der Waals surface area contributed by atoms with Crippen LogP contribution in [0.25, 0.3) is 0 Å². The summed E-state index contributed by atoms with van der Waals surface area (Å²) in [5.74, 6) is 0.357. The predicted octanol–water partition coefficient (Wildman–Crippen LogP) is 14.1. The Labute approximate surface area is 296 Å². The summed E-state index contributed by atoms with van der Waals surface area (Å²) in [6.45, 7) is 42.9. The van der Waals surface area contributed by atoms with Gasteiger partial charge in [-0.05, 0) is 144 Å². The number of rotatable bonds is 0. The number of carbonyl (C=O) groups excluding carboxylic acids is 1. The minimum absolute atomic E-state index is 0.139. The Morgan fingerprint density at radius 3 is 1.48 bits per heavy atom. The number of ketones is 1. The summed E-state index contributed by atoms with van der Waals surface area (Å²) in [6, 6.07) is 0. The molecule has 0 aromatic heterocycles. The van der Waals surface area contributed by atoms with E-state index < -0.39 is 0 Å². The number of fused-ring (bicyclic) bond motifs is 2. The number of carbonyl (C=O) groups is 1. The summed E-state index contributed by atoms with van der Waals surface area (Å²) in [5.41, 5.74) is 17.4. The standard InChI is InChI=1S/2C16H24.C15H22O/c2*1-11-7-15(3,4)9-13-10-16(5,6)8-12(2)14(11)13;1-10-6-14(2,3)7-11-8-15(4,5)9-12(16)13(10)11/h9H,1,7-8,10H2,2-6H3;8H,1,7,9-10H2,2-6H3;7H,6,8-9H2,1-5H3. The number of Topliss-reactive ketones (excluding diaryl/α,β-unsaturated/α-hetero) is 1. The highest BCUT2D eigenvalue weighted by Crippen LogP contribution is 2.52. The molecule has 0 aromatic carbocycles. The van der Waals surface area contributed by atoms with Crippen molar-refractivity contribution in [3.05, 3.63) is 92.7 Å². The first-order chi connectivity index (χ1) is 21.6. The van der Waals surface area contributed by atoms with Gasteiger partial charge in [-0.2, -0.15) is 0 Å². The second-order valence-corrected chi connectivity index (χ2v) is 21.1. The van der Waals surface area contributed by atoms with E-state index in [1.807, 2.05) is 0 Å². The lowest BCUT2D eigenvalue weighted by Gasteiger charge is -2.40. The van der Waals surface area contributed by atoms with Crippen LogP contribution in [-0.4, -0.2) is 5.78 Å². The van der Waals surface area contributed by atoms with E-state index in [0.717, 1.165) is 31.3 Å². The molecule has 48 heavy (non-hydrogen) atoms. The SMILES string of the molecule is C=C1CC(C)(C)C=C2CC(C)(C)CC(C)=C12.C=C1CC(C)(C)CC2=C1C(C)=CC(C)(C)C2.CC1=C2C(=O)CC(C)(C)CC2=CC(C)(C)C1. The van der Waals surface area contributed by atoms with E-state index in [-0.39, 0.29) is 10.8 Å². The lowest BCUT2D eigenvalue weighted by molar-refractivity contribution is -0.118. The van der Waals surface area contributed by atoms with E-state index in [1.54, 1.807) is 16.7 Å². The Morgan fingerprint density at radius 1 is 0.458 bits per heavy atom. The van der Waals surface area contributed by atoms with E-state index in [9.17, 15) is 4.79 Å². The van der Waals surface area contributed by atoms with Crippen molar-refractivity contribution in [1.29, 1.82) is 0 Å². The van der Waals surface area contributed by atoms with Crippen LogP contribution in [-0.2, 0) is 4.79 Å². The van der Waals surface area contributed by atoms with Crippen LogP contribution in [0.4, 0.5) is 0 Å². The summed E-state index contributed by atoms with van der Waals surface area (Å²) >= 11 is 0. The van der Waals surface area contributed by atoms with Gasteiger partial charge in [-0.3, -0.25) is 4.79 Å². The van der Waals surface area contributed by atoms with Gasteiger partial charge in [0.2, 0.25) is 0 Å². The monoisotopic (exact) mass is 651 g/mol. The zero-order valence-corrected chi connectivity index (χ0v) is 33.9. The molecule has 6 rings (SSSR count). The molecule has 0 amide bonds. The summed E-state index contributed by atoms with van der Waals surface area (Å²) in [7, 11) is 0. The van der Waals surface area contributed by atoms with Crippen LogP contribution in [0.15, 0.2) is 92.7 Å². The highest BCUT2D eigenvalue weighted by molar-refractivity contribution is 6.02. The number of allylic oxidation sites excluding steroid dienone is 14. The van der Waals surface area contributed by atoms with Crippen molar-refractivity contribution in [2.75, 3.05) is 0 Å². The molecule has 0 bridgehead atoms. The molecule has 1 heteroatoms. The first kappa shape index (κ1) is 38.4. The van der Waals surface area contributed by atoms with Gasteiger partial charge in [-0.1, -0.05) is 131 Å². The Morgan fingerprint density at radius 2 is 0.896 bits per heavy atom. The average molecular weight is 651 g/mol. The molecular weight excluding hydrogens is 581 g/mol. The minimum Gasteiger partial charge on any atom is -0.294 e. The smallest absolute Gasteiger partial charge is 0.163 e. The van der Waals surface area contributed by atoms with Gasteiger partial charge in [0.15, 0.2) is 5.78 Å². The van der Waals surface area contributed by atoms with Crippen molar-refractivity contribution >= 4 is 5.78 Å². The second-order valence-electron chi connectivity index (χ2n) is 21.1. The van der Waals surface area contributed by atoms with Gasteiger partial charge in [0.1, 0.15) is 0 Å². The average Bonchev–Trinajstić information content (AvgIpc) is 2.77. The molecule has 0 radical (unpaired) electrons. The van der Waals surface area contributed by atoms with Crippen LogP contribution in [0.3, 0.4) is 0 Å². The van der Waals surface area contributed by atoms with Crippen molar-refractivity contribution in [1.82, 2.24) is 0 Å². The maximum atomic E-state index is 12.2. The molecule has 0 heterocycles. The zero-order valence-electron chi connectivity index (χ0n) is 33.9. The van der Waals surface area contributed by atoms with E-state index in [2.05, 4.69) is 135 Å². The maximum absolute atomic E-state index is 12.2. The molecule has 264 valence electrons. The van der Waals surface area contributed by atoms with Crippen molar-refractivity contribution in [3.8, 4) is 0 Å². The highest BCUT2D eigenvalue weighted by atomic mass is 16.1. The van der Waals surface area contributed by atoms with Crippen LogP contribution in [0.2, 0.25) is 0 Å². The van der Waals surface area contributed by atoms with Crippen molar-refractivity contribution in [2.45, 2.75) is 162 Å². The topological polar surface area (TPSA) is 17.1 Å². The molecule has 0 saturated heterocycles. The molecule has 6 aliphatic carbocycles. The van der Waals surface area contributed by atoms with Crippen LogP contribution in [0.5, 0.6) is 0 Å². The summed E-state index contributed by atoms with van der Waals surface area (Å²) in [5, 5.41) is 0. The fraction of sp³-hybridized carbons (Fsp3) is 0.638. The molecule has 1 nitrogen and oxygen atoms in total. The molecule has 0 unspecified atom stereocenters. The van der Waals surface area contributed by atoms with Crippen LogP contribution in [0, 0.1) is 32.5 Å². The first-order valence-corrected chi connectivity index (χ1v) is 18.8. The van der Waals surface area contributed by atoms with Crippen molar-refractivity contribution < 1.29 is 4.79 Å². The fourth-order valence-electron chi connectivity index (χ4n) is 10.5. The van der Waals surface area contributed by atoms with E-state index in [1.165, 1.54) is 64.7 Å². The van der Waals surface area contributed by atoms with Crippen molar-refractivity contribution in [2.24, 2.45) is 32.5 Å². The van der Waals surface area contributed by atoms with Gasteiger partial charge in [0, 0.05) is 12.0 Å². The quantitative estimate of drug-likeness (QED) is 0.255. The third-order valence-corrected chi connectivity index (χ3v) is 11.1. The van der Waals surface area contributed by atoms with E-state index in [4.69, 9.17) is 0 Å². The van der Waals surface area contributed by atoms with Gasteiger partial charge in [-0.25, -0.2) is 0 Å². The maximum Gasteiger partial charge on any atom is 0.163 e. The third kappa shape index (κ3) is 9.03. The number of hydrogen-bond acceptors (Lipinski definition) is 1. The zero-order chi connectivity index (χ0) is 36.4. The minimum atomic E-state index is 0.139. The lowest BCUT2D eigenvalue weighted by atomic mass is 9.64. The Hall–Kier alpha value is -2.41. The van der Waals surface area contributed by atoms with Crippen molar-refractivity contribution in [3.63, 3.8) is 0 Å². The van der Waals surface area contributed by atoms with Crippen LogP contribution < -0.4 is 0 Å². The van der Waals surface area contributed by atoms with Gasteiger partial charge < -0.3 is 0 Å². The first-order valence-electron chi connectivity index (χ1n) is 18.8. The van der Waals surface area contributed by atoms with Gasteiger partial charge >= 0.3 is 0 Å². The van der Waals surface area contributed by atoms with Crippen LogP contribution >= 0.6 is 0 Å². The molecule has 0 atom stereocenters. The largest absolute Gasteiger partial charge is 0.294 e. The molecule has 0 aliphatic heterocycles. The fourth-order valence-corrected chi connectivity index (χ4v) is 10.5. The van der Waals surface area contributed by atoms with Gasteiger partial charge in [0.05, 0.1) is 0 Å². The molecule has 0 N–H and O–H groups in total. The third-order valence-electron chi connectivity index (χ3n) is 11.1. The highest BCUT2D eigenvalue weighted by Gasteiger charge is 2.38. The molecular formula is C47H70O. The second kappa shape index (κ2) is 12.7. The van der Waals surface area contributed by atoms with E-state index in [0.29, 0.717) is 33.9 Å². The Bertz CT molecular complexity index is 1580. The predicted molar refractivity (Wildman–Crippen MR) is 210 cm³/mol. The summed E-state index contributed by atoms with van der Waals surface area (Å²) in [6.07, 6.45) is 17.2. The normalized spacial score (nSPS) is 27.6. The summed E-state index contributed by atoms with van der Waals surface area (Å²) in [4.78, 5) is 12.2. The van der Waals surface area contributed by atoms with Gasteiger partial charge in [-0.15, -0.1) is 0 Å². The number of hydrogen-bond donors (Lipinski definition) is 0. The molecule has 1 fully saturated rings. The Kier molecular flexibility index (Phi) is 10.2. The molecule has 6 aliphatic rings. The summed E-state index contributed by atoms with van der Waals surface area (Å²) < 4.78 is 0. The molecule has 0 aromatic rings. The molecule has 1 saturated carbocycles. The van der Waals surface area contributed by atoms with E-state index >= 15 is 0 Å². The Balaban J connectivity index is 0.000000163. The molecule has 0 spiro atoms. The van der Waals surface area contributed by atoms with Gasteiger partial charge in [0.25, 0.3) is 0 Å².